The van der Waals surface area contributed by atoms with Gasteiger partial charge in [-0.1, -0.05) is 6.58 Å². The van der Waals surface area contributed by atoms with Crippen LogP contribution in [0.3, 0.4) is 0 Å². The molecule has 4 heteroatoms. The van der Waals surface area contributed by atoms with Crippen molar-refractivity contribution in [2.24, 2.45) is 0 Å². The fraction of sp³-hybridized carbons (Fsp3) is 0.600. The lowest BCUT2D eigenvalue weighted by Crippen LogP contribution is -2.24. The summed E-state index contributed by atoms with van der Waals surface area (Å²) in [7, 11) is 0. The van der Waals surface area contributed by atoms with Crippen molar-refractivity contribution < 1.29 is 13.2 Å². The first kappa shape index (κ1) is 6.93. The van der Waals surface area contributed by atoms with E-state index >= 15 is 0 Å². The molecule has 52 valence electrons. The molecule has 0 aromatic heterocycles. The van der Waals surface area contributed by atoms with Crippen LogP contribution in [0.2, 0.25) is 0 Å². The second-order valence-corrected chi connectivity index (χ2v) is 2.55. The Hall–Kier alpha value is -0.180. The quantitative estimate of drug-likeness (QED) is 0.404. The van der Waals surface area contributed by atoms with Crippen LogP contribution in [0.25, 0.3) is 0 Å². The van der Waals surface area contributed by atoms with E-state index in [0.717, 1.165) is 0 Å². The smallest absolute Gasteiger partial charge is 0.230 e. The molecule has 0 aromatic rings. The largest absolute Gasteiger partial charge is 0.359 e. The predicted molar refractivity (Wildman–Crippen MR) is 28.4 cm³/mol. The van der Waals surface area contributed by atoms with E-state index in [4.69, 9.17) is 0 Å². The fourth-order valence-corrected chi connectivity index (χ4v) is 0.751. The van der Waals surface area contributed by atoms with Crippen LogP contribution in [-0.2, 0) is 0 Å². The monoisotopic (exact) mass is 156 g/mol. The van der Waals surface area contributed by atoms with Crippen LogP contribution in [-0.4, -0.2) is 11.1 Å². The molecular weight excluding hydrogens is 153 g/mol. The highest BCUT2D eigenvalue weighted by Gasteiger charge is 2.66. The van der Waals surface area contributed by atoms with Crippen molar-refractivity contribution >= 4 is 11.6 Å². The molecule has 0 spiro atoms. The molecule has 0 bridgehead atoms. The van der Waals surface area contributed by atoms with E-state index < -0.39 is 11.1 Å². The Morgan fingerprint density at radius 2 is 2.00 bits per heavy atom. The molecule has 1 saturated carbocycles. The van der Waals surface area contributed by atoms with Gasteiger partial charge in [-0.05, 0) is 17.2 Å². The van der Waals surface area contributed by atoms with Gasteiger partial charge in [-0.3, -0.25) is 0 Å². The molecule has 0 aliphatic heterocycles. The van der Waals surface area contributed by atoms with Crippen molar-refractivity contribution in [1.82, 2.24) is 0 Å². The first-order valence-electron chi connectivity index (χ1n) is 2.32. The van der Waals surface area contributed by atoms with Gasteiger partial charge in [-0.25, -0.2) is 4.39 Å². The van der Waals surface area contributed by atoms with Gasteiger partial charge >= 0.3 is 5.38 Å². The van der Waals surface area contributed by atoms with Crippen molar-refractivity contribution in [2.45, 2.75) is 17.5 Å². The minimum absolute atomic E-state index is 0.123. The Morgan fingerprint density at radius 1 is 1.67 bits per heavy atom. The molecular formula is C5H4ClF3. The standard InChI is InChI=1S/C5H4ClF3/c1-3-2-4(3,7)5(6,8)9/h1-2H2. The molecule has 0 saturated heterocycles. The van der Waals surface area contributed by atoms with Gasteiger partial charge in [0.25, 0.3) is 0 Å². The summed E-state index contributed by atoms with van der Waals surface area (Å²) in [4.78, 5) is 0. The Balaban J connectivity index is 2.76. The predicted octanol–water partition coefficient (Wildman–Crippen LogP) is 2.49. The van der Waals surface area contributed by atoms with Crippen LogP contribution in [0.15, 0.2) is 12.2 Å². The van der Waals surface area contributed by atoms with Crippen LogP contribution in [0, 0.1) is 0 Å². The average molecular weight is 157 g/mol. The highest BCUT2D eigenvalue weighted by molar-refractivity contribution is 6.23. The van der Waals surface area contributed by atoms with Crippen LogP contribution in [0.1, 0.15) is 6.42 Å². The summed E-state index contributed by atoms with van der Waals surface area (Å²) in [5.74, 6) is 0. The Labute approximate surface area is 55.3 Å². The lowest BCUT2D eigenvalue weighted by molar-refractivity contribution is -0.00156. The summed E-state index contributed by atoms with van der Waals surface area (Å²) in [5, 5.41) is -3.77. The minimum atomic E-state index is -3.77. The van der Waals surface area contributed by atoms with Crippen molar-refractivity contribution in [3.8, 4) is 0 Å². The Morgan fingerprint density at radius 3 is 2.00 bits per heavy atom. The topological polar surface area (TPSA) is 0 Å². The van der Waals surface area contributed by atoms with E-state index in [1.54, 1.807) is 0 Å². The van der Waals surface area contributed by atoms with Crippen molar-refractivity contribution in [1.29, 1.82) is 0 Å². The molecule has 1 aliphatic rings. The number of halogens is 4. The van der Waals surface area contributed by atoms with Crippen LogP contribution in [0.5, 0.6) is 0 Å². The van der Waals surface area contributed by atoms with E-state index in [1.165, 1.54) is 0 Å². The van der Waals surface area contributed by atoms with Crippen LogP contribution >= 0.6 is 11.6 Å². The number of allylic oxidation sites excluding steroid dienone is 1. The van der Waals surface area contributed by atoms with Gasteiger partial charge in [0.15, 0.2) is 0 Å². The second-order valence-electron chi connectivity index (χ2n) is 2.08. The summed E-state index contributed by atoms with van der Waals surface area (Å²) in [5.41, 5.74) is -2.74. The summed E-state index contributed by atoms with van der Waals surface area (Å²) >= 11 is 4.40. The average Bonchev–Trinajstić information content (AvgIpc) is 2.13. The maximum atomic E-state index is 12.4. The molecule has 0 radical (unpaired) electrons. The Kier molecular flexibility index (Phi) is 1.12. The SMILES string of the molecule is C=C1CC1(F)C(F)(F)Cl. The van der Waals surface area contributed by atoms with Gasteiger partial charge in [-0.2, -0.15) is 8.78 Å². The number of hydrogen-bond acceptors (Lipinski definition) is 0. The molecule has 0 heterocycles. The number of rotatable bonds is 1. The summed E-state index contributed by atoms with van der Waals surface area (Å²) in [6.45, 7) is 3.05. The summed E-state index contributed by atoms with van der Waals surface area (Å²) < 4.78 is 36.2. The van der Waals surface area contributed by atoms with Crippen molar-refractivity contribution in [3.63, 3.8) is 0 Å². The van der Waals surface area contributed by atoms with Crippen LogP contribution in [0.4, 0.5) is 13.2 Å². The van der Waals surface area contributed by atoms with Gasteiger partial charge in [0.05, 0.1) is 0 Å². The van der Waals surface area contributed by atoms with Gasteiger partial charge in [-0.15, -0.1) is 0 Å². The third kappa shape index (κ3) is 0.834. The number of hydrogen-bond donors (Lipinski definition) is 0. The van der Waals surface area contributed by atoms with E-state index in [0.29, 0.717) is 0 Å². The second kappa shape index (κ2) is 1.45. The van der Waals surface area contributed by atoms with Gasteiger partial charge in [0, 0.05) is 6.42 Å². The van der Waals surface area contributed by atoms with E-state index in [2.05, 4.69) is 18.2 Å². The molecule has 0 amide bonds. The molecule has 0 N–H and O–H groups in total. The first-order chi connectivity index (χ1) is 3.88. The third-order valence-electron chi connectivity index (χ3n) is 1.34. The molecule has 9 heavy (non-hydrogen) atoms. The summed E-state index contributed by atoms with van der Waals surface area (Å²) in [6.07, 6.45) is -0.316. The molecule has 1 fully saturated rings. The lowest BCUT2D eigenvalue weighted by Gasteiger charge is -2.09. The molecule has 1 unspecified atom stereocenters. The van der Waals surface area contributed by atoms with E-state index in [-0.39, 0.29) is 12.0 Å². The van der Waals surface area contributed by atoms with Crippen molar-refractivity contribution in [2.75, 3.05) is 0 Å². The minimum Gasteiger partial charge on any atom is -0.230 e. The normalized spacial score (nSPS) is 34.9. The first-order valence-corrected chi connectivity index (χ1v) is 2.69. The molecule has 1 rings (SSSR count). The third-order valence-corrected chi connectivity index (χ3v) is 1.64. The zero-order chi connectivity index (χ0) is 7.28. The highest BCUT2D eigenvalue weighted by atomic mass is 35.5. The highest BCUT2D eigenvalue weighted by Crippen LogP contribution is 2.57. The fourth-order valence-electron chi connectivity index (χ4n) is 0.551. The van der Waals surface area contributed by atoms with Crippen molar-refractivity contribution in [3.05, 3.63) is 12.2 Å². The molecule has 0 aromatic carbocycles. The molecule has 0 nitrogen and oxygen atoms in total. The number of alkyl halides is 4. The summed E-state index contributed by atoms with van der Waals surface area (Å²) in [6, 6.07) is 0. The maximum absolute atomic E-state index is 12.4. The zero-order valence-corrected chi connectivity index (χ0v) is 5.18. The van der Waals surface area contributed by atoms with Gasteiger partial charge < -0.3 is 0 Å². The lowest BCUT2D eigenvalue weighted by atomic mass is 10.4. The Bertz CT molecular complexity index is 160. The molecule has 1 atom stereocenters. The zero-order valence-electron chi connectivity index (χ0n) is 4.43. The molecule has 1 aliphatic carbocycles. The van der Waals surface area contributed by atoms with Gasteiger partial charge in [0.2, 0.25) is 5.67 Å². The maximum Gasteiger partial charge on any atom is 0.359 e. The van der Waals surface area contributed by atoms with E-state index in [1.807, 2.05) is 0 Å². The van der Waals surface area contributed by atoms with E-state index in [9.17, 15) is 13.2 Å². The van der Waals surface area contributed by atoms with Crippen LogP contribution < -0.4 is 0 Å². The van der Waals surface area contributed by atoms with Gasteiger partial charge in [0.1, 0.15) is 0 Å².